The minimum Gasteiger partial charge on any atom is -0.309 e. The summed E-state index contributed by atoms with van der Waals surface area (Å²) in [6.45, 7) is 2.34. The first-order chi connectivity index (χ1) is 24.7. The first kappa shape index (κ1) is 30.0. The van der Waals surface area contributed by atoms with Crippen molar-refractivity contribution in [3.63, 3.8) is 0 Å². The van der Waals surface area contributed by atoms with Gasteiger partial charge in [0.05, 0.1) is 22.8 Å². The fourth-order valence-corrected chi connectivity index (χ4v) is 7.63. The lowest BCUT2D eigenvalue weighted by Gasteiger charge is -2.25. The zero-order chi connectivity index (χ0) is 33.4. The van der Waals surface area contributed by atoms with E-state index in [9.17, 15) is 0 Å². The van der Waals surface area contributed by atoms with E-state index in [4.69, 9.17) is 9.98 Å². The number of aliphatic imine (C=N–C) groups is 2. The molecule has 0 spiro atoms. The molecule has 0 fully saturated rings. The monoisotopic (exact) mass is 643 g/mol. The van der Waals surface area contributed by atoms with Crippen LogP contribution in [-0.4, -0.2) is 16.1 Å². The van der Waals surface area contributed by atoms with Crippen LogP contribution in [0.3, 0.4) is 0 Å². The minimum absolute atomic E-state index is 0.0385. The van der Waals surface area contributed by atoms with Crippen molar-refractivity contribution in [2.45, 2.75) is 25.8 Å². The first-order valence-electron chi connectivity index (χ1n) is 17.6. The van der Waals surface area contributed by atoms with Crippen LogP contribution >= 0.6 is 0 Å². The number of aromatic nitrogens is 1. The molecule has 8 aromatic rings. The molecule has 0 aliphatic carbocycles. The van der Waals surface area contributed by atoms with E-state index in [1.165, 1.54) is 49.3 Å². The van der Waals surface area contributed by atoms with Gasteiger partial charge in [0.15, 0.2) is 5.84 Å². The Morgan fingerprint density at radius 3 is 1.96 bits per heavy atom. The Kier molecular flexibility index (Phi) is 7.66. The van der Waals surface area contributed by atoms with E-state index in [0.717, 1.165) is 41.2 Å². The van der Waals surface area contributed by atoms with E-state index in [0.29, 0.717) is 5.92 Å². The van der Waals surface area contributed by atoms with Gasteiger partial charge in [0.1, 0.15) is 0 Å². The Morgan fingerprint density at radius 1 is 0.520 bits per heavy atom. The molecule has 1 aliphatic heterocycles. The third kappa shape index (κ3) is 5.51. The quantitative estimate of drug-likeness (QED) is 0.179. The average Bonchev–Trinajstić information content (AvgIpc) is 3.51. The van der Waals surface area contributed by atoms with E-state index < -0.39 is 0 Å². The van der Waals surface area contributed by atoms with Gasteiger partial charge in [-0.3, -0.25) is 4.99 Å². The highest BCUT2D eigenvalue weighted by Crippen LogP contribution is 2.36. The molecule has 1 aliphatic rings. The van der Waals surface area contributed by atoms with Crippen LogP contribution in [0.1, 0.15) is 42.5 Å². The van der Waals surface area contributed by atoms with Gasteiger partial charge in [0.2, 0.25) is 0 Å². The zero-order valence-electron chi connectivity index (χ0n) is 28.1. The molecule has 1 aromatic heterocycles. The summed E-state index contributed by atoms with van der Waals surface area (Å²) < 4.78 is 2.37. The zero-order valence-corrected chi connectivity index (χ0v) is 28.1. The maximum atomic E-state index is 5.58. The highest BCUT2D eigenvalue weighted by Gasteiger charge is 2.24. The molecular weight excluding hydrogens is 607 g/mol. The van der Waals surface area contributed by atoms with E-state index in [1.54, 1.807) is 0 Å². The summed E-state index contributed by atoms with van der Waals surface area (Å²) in [4.78, 5) is 11.0. The molecule has 0 radical (unpaired) electrons. The molecule has 7 aromatic carbocycles. The number of rotatable bonds is 5. The summed E-state index contributed by atoms with van der Waals surface area (Å²) in [5.41, 5.74) is 10.4. The van der Waals surface area contributed by atoms with Crippen LogP contribution in [0.2, 0.25) is 0 Å². The maximum Gasteiger partial charge on any atom is 0.155 e. The van der Waals surface area contributed by atoms with Crippen molar-refractivity contribution in [1.82, 2.24) is 4.57 Å². The highest BCUT2D eigenvalue weighted by atomic mass is 15.0. The van der Waals surface area contributed by atoms with Crippen LogP contribution in [0.25, 0.3) is 49.4 Å². The standard InChI is InChI=1S/C47H37N3/c1-32-25-28-43(34-14-3-2-4-15-34)48-47(49-46(32)38-18-11-17-36(30-38)37-27-26-33-13-5-6-16-35(33)29-37)39-19-12-20-40(31-39)50-44-23-9-7-21-41(44)42-22-8-10-24-45(42)50/h2-24,26-27,29-32,46H,25,28H2,1H3. The number of amidine groups is 1. The normalized spacial score (nSPS) is 16.6. The molecule has 3 nitrogen and oxygen atoms in total. The summed E-state index contributed by atoms with van der Waals surface area (Å²) in [6.07, 6.45) is 1.88. The van der Waals surface area contributed by atoms with Crippen molar-refractivity contribution in [3.05, 3.63) is 187 Å². The minimum atomic E-state index is -0.0385. The summed E-state index contributed by atoms with van der Waals surface area (Å²) in [6, 6.07) is 60.9. The third-order valence-electron chi connectivity index (χ3n) is 10.2. The van der Waals surface area contributed by atoms with Crippen LogP contribution in [0.5, 0.6) is 0 Å². The van der Waals surface area contributed by atoms with Crippen molar-refractivity contribution in [1.29, 1.82) is 0 Å². The molecule has 0 N–H and O–H groups in total. The number of para-hydroxylation sites is 2. The first-order valence-corrected chi connectivity index (χ1v) is 17.6. The van der Waals surface area contributed by atoms with Gasteiger partial charge in [-0.15, -0.1) is 0 Å². The molecule has 9 rings (SSSR count). The molecule has 2 heterocycles. The van der Waals surface area contributed by atoms with Gasteiger partial charge < -0.3 is 4.57 Å². The van der Waals surface area contributed by atoms with E-state index >= 15 is 0 Å². The lowest BCUT2D eigenvalue weighted by molar-refractivity contribution is 0.446. The van der Waals surface area contributed by atoms with Crippen LogP contribution in [-0.2, 0) is 0 Å². The predicted octanol–water partition coefficient (Wildman–Crippen LogP) is 12.0. The number of hydrogen-bond donors (Lipinski definition) is 0. The van der Waals surface area contributed by atoms with Gasteiger partial charge in [-0.1, -0.05) is 140 Å². The molecule has 240 valence electrons. The summed E-state index contributed by atoms with van der Waals surface area (Å²) >= 11 is 0. The van der Waals surface area contributed by atoms with Crippen molar-refractivity contribution in [3.8, 4) is 16.8 Å². The van der Waals surface area contributed by atoms with Crippen LogP contribution < -0.4 is 0 Å². The number of benzene rings is 7. The van der Waals surface area contributed by atoms with E-state index in [2.05, 4.69) is 181 Å². The van der Waals surface area contributed by atoms with Crippen LogP contribution in [0.4, 0.5) is 0 Å². The van der Waals surface area contributed by atoms with Gasteiger partial charge in [0.25, 0.3) is 0 Å². The van der Waals surface area contributed by atoms with Crippen molar-refractivity contribution in [2.75, 3.05) is 0 Å². The lowest BCUT2D eigenvalue weighted by Crippen LogP contribution is -2.18. The Morgan fingerprint density at radius 2 is 1.16 bits per heavy atom. The molecule has 3 heteroatoms. The van der Waals surface area contributed by atoms with Gasteiger partial charge >= 0.3 is 0 Å². The number of nitrogens with zero attached hydrogens (tertiary/aromatic N) is 3. The molecule has 0 saturated carbocycles. The van der Waals surface area contributed by atoms with E-state index in [-0.39, 0.29) is 6.04 Å². The summed E-state index contributed by atoms with van der Waals surface area (Å²) in [5.74, 6) is 1.09. The Labute approximate surface area is 292 Å². The second-order valence-electron chi connectivity index (χ2n) is 13.4. The molecule has 0 bridgehead atoms. The summed E-state index contributed by atoms with van der Waals surface area (Å²) in [5, 5.41) is 5.01. The summed E-state index contributed by atoms with van der Waals surface area (Å²) in [7, 11) is 0. The second-order valence-corrected chi connectivity index (χ2v) is 13.4. The van der Waals surface area contributed by atoms with Gasteiger partial charge in [-0.2, -0.15) is 0 Å². The Balaban J connectivity index is 1.19. The molecule has 0 saturated heterocycles. The fraction of sp³-hybridized carbons (Fsp3) is 0.106. The molecule has 2 atom stereocenters. The number of fused-ring (bicyclic) bond motifs is 4. The van der Waals surface area contributed by atoms with Crippen molar-refractivity contribution in [2.24, 2.45) is 15.9 Å². The average molecular weight is 644 g/mol. The van der Waals surface area contributed by atoms with E-state index in [1.807, 2.05) is 0 Å². The van der Waals surface area contributed by atoms with Crippen molar-refractivity contribution >= 4 is 44.1 Å². The third-order valence-corrected chi connectivity index (χ3v) is 10.2. The van der Waals surface area contributed by atoms with Gasteiger partial charge in [-0.25, -0.2) is 4.99 Å². The smallest absolute Gasteiger partial charge is 0.155 e. The molecule has 50 heavy (non-hydrogen) atoms. The SMILES string of the molecule is CC1CCC(c2ccccc2)=NC(c2cccc(-n3c4ccccc4c4ccccc43)c2)=NC1c1cccc(-c2ccc3ccccc3c2)c1. The topological polar surface area (TPSA) is 29.6 Å². The fourth-order valence-electron chi connectivity index (χ4n) is 7.63. The lowest BCUT2D eigenvalue weighted by atomic mass is 9.87. The van der Waals surface area contributed by atoms with Gasteiger partial charge in [-0.05, 0) is 88.2 Å². The Hall–Kier alpha value is -6.06. The van der Waals surface area contributed by atoms with Crippen molar-refractivity contribution < 1.29 is 0 Å². The molecule has 0 amide bonds. The number of hydrogen-bond acceptors (Lipinski definition) is 2. The van der Waals surface area contributed by atoms with Gasteiger partial charge in [0, 0.05) is 22.0 Å². The second kappa shape index (κ2) is 12.8. The molecular formula is C47H37N3. The predicted molar refractivity (Wildman–Crippen MR) is 211 cm³/mol. The molecule has 2 unspecified atom stereocenters. The van der Waals surface area contributed by atoms with Crippen LogP contribution in [0, 0.1) is 5.92 Å². The Bertz CT molecular complexity index is 2520. The highest BCUT2D eigenvalue weighted by molar-refractivity contribution is 6.13. The largest absolute Gasteiger partial charge is 0.309 e. The van der Waals surface area contributed by atoms with Crippen LogP contribution in [0.15, 0.2) is 180 Å². The maximum absolute atomic E-state index is 5.58.